The molecule has 0 fully saturated rings. The van der Waals surface area contributed by atoms with Crippen molar-refractivity contribution in [3.05, 3.63) is 54.0 Å². The van der Waals surface area contributed by atoms with Gasteiger partial charge < -0.3 is 43.6 Å². The third kappa shape index (κ3) is 4.88. The van der Waals surface area contributed by atoms with Crippen LogP contribution >= 0.6 is 0 Å². The zero-order chi connectivity index (χ0) is 11.1. The number of hydrogen-bond acceptors (Lipinski definition) is 0. The molecule has 0 spiro atoms. The molecule has 2 aliphatic rings. The summed E-state index contributed by atoms with van der Waals surface area (Å²) in [4.78, 5) is 0. The van der Waals surface area contributed by atoms with Crippen molar-refractivity contribution in [1.29, 1.82) is 0 Å². The second-order valence-electron chi connectivity index (χ2n) is 5.13. The Morgan fingerprint density at radius 3 is 1.32 bits per heavy atom. The SMILES string of the molecule is CC1=CC=CC1(C)[CH-]C1(C)C=CC=C1C.[Cl-].[Cl-].[Cl-].[Zr+4]. The molecule has 0 aromatic heterocycles. The Morgan fingerprint density at radius 1 is 0.789 bits per heavy atom. The molecule has 19 heavy (non-hydrogen) atoms. The average molecular weight is 397 g/mol. The van der Waals surface area contributed by atoms with Crippen molar-refractivity contribution in [2.45, 2.75) is 27.7 Å². The fourth-order valence-corrected chi connectivity index (χ4v) is 2.35. The van der Waals surface area contributed by atoms with Gasteiger partial charge in [0.2, 0.25) is 0 Å². The topological polar surface area (TPSA) is 0 Å². The number of rotatable bonds is 2. The Morgan fingerprint density at radius 2 is 1.11 bits per heavy atom. The van der Waals surface area contributed by atoms with Crippen LogP contribution in [0.3, 0.4) is 0 Å². The minimum atomic E-state index is 0. The van der Waals surface area contributed by atoms with Crippen molar-refractivity contribution in [1.82, 2.24) is 0 Å². The maximum atomic E-state index is 2.45. The van der Waals surface area contributed by atoms with E-state index in [0.29, 0.717) is 0 Å². The Labute approximate surface area is 155 Å². The molecule has 0 aliphatic heterocycles. The largest absolute Gasteiger partial charge is 4.00 e. The first kappa shape index (κ1) is 24.7. The van der Waals surface area contributed by atoms with Gasteiger partial charge >= 0.3 is 26.2 Å². The third-order valence-electron chi connectivity index (χ3n) is 3.88. The summed E-state index contributed by atoms with van der Waals surface area (Å²) in [5.74, 6) is 0. The van der Waals surface area contributed by atoms with Gasteiger partial charge in [-0.3, -0.25) is 0 Å². The molecule has 4 heteroatoms. The molecule has 2 rings (SSSR count). The van der Waals surface area contributed by atoms with E-state index in [0.717, 1.165) is 0 Å². The first-order valence-electron chi connectivity index (χ1n) is 5.57. The van der Waals surface area contributed by atoms with E-state index >= 15 is 0 Å². The summed E-state index contributed by atoms with van der Waals surface area (Å²) in [5.41, 5.74) is 3.10. The smallest absolute Gasteiger partial charge is 1.00 e. The van der Waals surface area contributed by atoms with Gasteiger partial charge in [-0.25, -0.2) is 0 Å². The molecule has 2 unspecified atom stereocenters. The molecule has 0 bridgehead atoms. The summed E-state index contributed by atoms with van der Waals surface area (Å²) in [6.45, 7) is 8.98. The molecule has 0 aromatic rings. The maximum Gasteiger partial charge on any atom is 4.00 e. The van der Waals surface area contributed by atoms with Gasteiger partial charge in [-0.2, -0.15) is 0 Å². The van der Waals surface area contributed by atoms with Crippen LogP contribution in [-0.4, -0.2) is 0 Å². The van der Waals surface area contributed by atoms with Gasteiger partial charge in [0.15, 0.2) is 0 Å². The second-order valence-corrected chi connectivity index (χ2v) is 5.13. The van der Waals surface area contributed by atoms with Crippen LogP contribution in [0, 0.1) is 17.3 Å². The summed E-state index contributed by atoms with van der Waals surface area (Å²) < 4.78 is 0. The summed E-state index contributed by atoms with van der Waals surface area (Å²) in [6, 6.07) is 0. The van der Waals surface area contributed by atoms with E-state index in [9.17, 15) is 0 Å². The second kappa shape index (κ2) is 8.88. The van der Waals surface area contributed by atoms with Crippen molar-refractivity contribution in [2.75, 3.05) is 0 Å². The van der Waals surface area contributed by atoms with E-state index in [4.69, 9.17) is 0 Å². The van der Waals surface area contributed by atoms with Crippen molar-refractivity contribution in [3.63, 3.8) is 0 Å². The van der Waals surface area contributed by atoms with Crippen LogP contribution in [0.15, 0.2) is 47.6 Å². The molecule has 0 aromatic carbocycles. The van der Waals surface area contributed by atoms with E-state index in [2.05, 4.69) is 70.6 Å². The predicted molar refractivity (Wildman–Crippen MR) is 66.3 cm³/mol. The molecule has 2 atom stereocenters. The van der Waals surface area contributed by atoms with Crippen LogP contribution in [0.4, 0.5) is 0 Å². The molecule has 0 saturated heterocycles. The van der Waals surface area contributed by atoms with E-state index in [-0.39, 0.29) is 74.3 Å². The van der Waals surface area contributed by atoms with Gasteiger partial charge in [0.05, 0.1) is 0 Å². The molecular weight excluding hydrogens is 378 g/mol. The summed E-state index contributed by atoms with van der Waals surface area (Å²) >= 11 is 0. The fraction of sp³-hybridized carbons (Fsp3) is 0.400. The summed E-state index contributed by atoms with van der Waals surface area (Å²) in [6.07, 6.45) is 15.7. The zero-order valence-electron chi connectivity index (χ0n) is 11.7. The number of hydrogen-bond donors (Lipinski definition) is 0. The van der Waals surface area contributed by atoms with Gasteiger partial charge in [-0.05, 0) is 13.8 Å². The third-order valence-corrected chi connectivity index (χ3v) is 3.88. The van der Waals surface area contributed by atoms with E-state index in [1.165, 1.54) is 11.1 Å². The molecule has 0 radical (unpaired) electrons. The van der Waals surface area contributed by atoms with Crippen molar-refractivity contribution >= 4 is 0 Å². The van der Waals surface area contributed by atoms with E-state index in [1.807, 2.05) is 0 Å². The van der Waals surface area contributed by atoms with Gasteiger partial charge in [-0.15, -0.1) is 23.0 Å². The van der Waals surface area contributed by atoms with Gasteiger partial charge in [0.25, 0.3) is 0 Å². The van der Waals surface area contributed by atoms with Crippen LogP contribution in [0.5, 0.6) is 0 Å². The van der Waals surface area contributed by atoms with Gasteiger partial charge in [0, 0.05) is 0 Å². The monoisotopic (exact) mass is 394 g/mol. The van der Waals surface area contributed by atoms with Gasteiger partial charge in [0.1, 0.15) is 0 Å². The van der Waals surface area contributed by atoms with Crippen LogP contribution in [0.2, 0.25) is 0 Å². The summed E-state index contributed by atoms with van der Waals surface area (Å²) in [7, 11) is 0. The van der Waals surface area contributed by atoms with Gasteiger partial charge in [-0.1, -0.05) is 49.3 Å². The van der Waals surface area contributed by atoms with Crippen molar-refractivity contribution in [3.8, 4) is 0 Å². The van der Waals surface area contributed by atoms with E-state index < -0.39 is 0 Å². The standard InChI is InChI=1S/C15H19.3ClH.Zr/c1-12-7-5-9-14(12,3)11-15(4)10-6-8-13(15)2;;;;/h5-11H,1-4H3;3*1H;/q-1;;;;+4/p-3. The van der Waals surface area contributed by atoms with Crippen molar-refractivity contribution in [2.24, 2.45) is 10.8 Å². The van der Waals surface area contributed by atoms with Crippen LogP contribution < -0.4 is 37.2 Å². The van der Waals surface area contributed by atoms with Crippen molar-refractivity contribution < 1.29 is 63.4 Å². The van der Waals surface area contributed by atoms with Crippen LogP contribution in [0.25, 0.3) is 0 Å². The minimum absolute atomic E-state index is 0. The Balaban J connectivity index is -0.000000640. The predicted octanol–water partition coefficient (Wildman–Crippen LogP) is -4.76. The zero-order valence-corrected chi connectivity index (χ0v) is 16.4. The number of allylic oxidation sites excluding steroid dienone is 8. The maximum absolute atomic E-state index is 2.45. The quantitative estimate of drug-likeness (QED) is 0.411. The molecule has 0 heterocycles. The molecule has 2 aliphatic carbocycles. The minimum Gasteiger partial charge on any atom is -1.00 e. The molecule has 0 amide bonds. The van der Waals surface area contributed by atoms with Crippen LogP contribution in [0.1, 0.15) is 27.7 Å². The molecule has 0 saturated carbocycles. The molecule has 0 N–H and O–H groups in total. The molecular formula is C15H19Cl3Zr. The fourth-order valence-electron chi connectivity index (χ4n) is 2.35. The Kier molecular flexibility index (Phi) is 11.6. The van der Waals surface area contributed by atoms with E-state index in [1.54, 1.807) is 0 Å². The molecule has 104 valence electrons. The first-order chi connectivity index (χ1) is 6.96. The normalized spacial score (nSPS) is 30.3. The number of halogens is 3. The Hall–Kier alpha value is 0.713. The van der Waals surface area contributed by atoms with Crippen LogP contribution in [-0.2, 0) is 26.2 Å². The average Bonchev–Trinajstić information content (AvgIpc) is 2.61. The Bertz CT molecular complexity index is 372. The first-order valence-corrected chi connectivity index (χ1v) is 5.57. The summed E-state index contributed by atoms with van der Waals surface area (Å²) in [5, 5.41) is 0. The molecule has 0 nitrogen and oxygen atoms in total.